The Balaban J connectivity index is 1.51. The van der Waals surface area contributed by atoms with Gasteiger partial charge in [-0.25, -0.2) is 4.39 Å². The predicted molar refractivity (Wildman–Crippen MR) is 120 cm³/mol. The van der Waals surface area contributed by atoms with Crippen LogP contribution in [0.3, 0.4) is 0 Å². The minimum Gasteiger partial charge on any atom is -0.349 e. The lowest BCUT2D eigenvalue weighted by molar-refractivity contribution is 0.0947. The number of hydrogen-bond donors (Lipinski definition) is 2. The molecule has 2 N–H and O–H groups in total. The number of nitrogens with one attached hydrogen (secondary N) is 2. The van der Waals surface area contributed by atoms with E-state index in [0.29, 0.717) is 18.8 Å². The summed E-state index contributed by atoms with van der Waals surface area (Å²) in [5.74, 6) is -0.540. The fourth-order valence-corrected chi connectivity index (χ4v) is 3.28. The van der Waals surface area contributed by atoms with Crippen molar-refractivity contribution in [3.63, 3.8) is 0 Å². The monoisotopic (exact) mass is 432 g/mol. The number of hydrogen-bond acceptors (Lipinski definition) is 4. The Morgan fingerprint density at radius 3 is 2.56 bits per heavy atom. The van der Waals surface area contributed by atoms with Crippen LogP contribution in [0.5, 0.6) is 0 Å². The quantitative estimate of drug-likeness (QED) is 0.478. The average molecular weight is 433 g/mol. The van der Waals surface area contributed by atoms with Crippen molar-refractivity contribution >= 4 is 5.91 Å². The number of halogens is 1. The first-order valence-corrected chi connectivity index (χ1v) is 10.4. The van der Waals surface area contributed by atoms with Crippen LogP contribution < -0.4 is 5.32 Å². The maximum Gasteiger partial charge on any atom is 0.271 e. The molecule has 1 aromatic carbocycles. The van der Waals surface area contributed by atoms with Crippen molar-refractivity contribution in [1.29, 1.82) is 0 Å². The smallest absolute Gasteiger partial charge is 0.271 e. The molecule has 0 aliphatic rings. The summed E-state index contributed by atoms with van der Waals surface area (Å²) in [7, 11) is 0. The first-order chi connectivity index (χ1) is 15.3. The molecule has 0 radical (unpaired) electrons. The van der Waals surface area contributed by atoms with E-state index in [1.54, 1.807) is 30.6 Å². The van der Waals surface area contributed by atoms with Gasteiger partial charge >= 0.3 is 0 Å². The van der Waals surface area contributed by atoms with Crippen molar-refractivity contribution in [3.05, 3.63) is 78.1 Å². The number of benzene rings is 1. The zero-order chi connectivity index (χ0) is 22.7. The van der Waals surface area contributed by atoms with Crippen molar-refractivity contribution in [1.82, 2.24) is 30.3 Å². The topological polar surface area (TPSA) is 88.5 Å². The van der Waals surface area contributed by atoms with Crippen LogP contribution in [-0.2, 0) is 12.0 Å². The molecule has 32 heavy (non-hydrogen) atoms. The van der Waals surface area contributed by atoms with Gasteiger partial charge < -0.3 is 5.32 Å². The SMILES string of the molecule is CC(C)(C)c1cc(C(=O)NCCn2nc(-c3ccc(F)cc3)cc2-c2cccnc2)n[nH]1. The Morgan fingerprint density at radius 1 is 1.12 bits per heavy atom. The molecular formula is C24H25FN6O. The molecule has 0 unspecified atom stereocenters. The zero-order valence-electron chi connectivity index (χ0n) is 18.3. The molecule has 7 nitrogen and oxygen atoms in total. The second kappa shape index (κ2) is 8.74. The number of rotatable bonds is 6. The summed E-state index contributed by atoms with van der Waals surface area (Å²) in [5.41, 5.74) is 4.44. The lowest BCUT2D eigenvalue weighted by Crippen LogP contribution is -2.28. The second-order valence-corrected chi connectivity index (χ2v) is 8.56. The second-order valence-electron chi connectivity index (χ2n) is 8.56. The highest BCUT2D eigenvalue weighted by Gasteiger charge is 2.19. The van der Waals surface area contributed by atoms with Crippen LogP contribution in [0.2, 0.25) is 0 Å². The van der Waals surface area contributed by atoms with Crippen LogP contribution in [0.1, 0.15) is 37.0 Å². The van der Waals surface area contributed by atoms with Crippen molar-refractivity contribution < 1.29 is 9.18 Å². The molecule has 4 aromatic rings. The molecule has 0 aliphatic heterocycles. The third-order valence-corrected chi connectivity index (χ3v) is 5.10. The summed E-state index contributed by atoms with van der Waals surface area (Å²) in [6.45, 7) is 6.98. The predicted octanol–water partition coefficient (Wildman–Crippen LogP) is 4.20. The molecule has 0 bridgehead atoms. The average Bonchev–Trinajstić information content (AvgIpc) is 3.43. The summed E-state index contributed by atoms with van der Waals surface area (Å²) in [6, 6.07) is 13.7. The Morgan fingerprint density at radius 2 is 1.91 bits per heavy atom. The van der Waals surface area contributed by atoms with Gasteiger partial charge in [0, 0.05) is 41.2 Å². The molecule has 0 atom stereocenters. The molecule has 3 aromatic heterocycles. The van der Waals surface area contributed by atoms with E-state index < -0.39 is 0 Å². The van der Waals surface area contributed by atoms with E-state index >= 15 is 0 Å². The third-order valence-electron chi connectivity index (χ3n) is 5.10. The Hall–Kier alpha value is -3.81. The lowest BCUT2D eigenvalue weighted by Gasteiger charge is -2.14. The van der Waals surface area contributed by atoms with Gasteiger partial charge in [0.1, 0.15) is 11.5 Å². The number of aromatic nitrogens is 5. The van der Waals surface area contributed by atoms with E-state index in [4.69, 9.17) is 0 Å². The van der Waals surface area contributed by atoms with Crippen LogP contribution >= 0.6 is 0 Å². The standard InChI is InChI=1S/C24H25FN6O/c1-24(2,3)22-14-20(28-29-22)23(32)27-11-12-31-21(17-5-4-10-26-15-17)13-19(30-31)16-6-8-18(25)9-7-16/h4-10,13-15H,11-12H2,1-3H3,(H,27,32)(H,28,29). The fraction of sp³-hybridized carbons (Fsp3) is 0.250. The van der Waals surface area contributed by atoms with Crippen molar-refractivity contribution in [2.24, 2.45) is 0 Å². The van der Waals surface area contributed by atoms with Crippen LogP contribution in [0.25, 0.3) is 22.5 Å². The maximum atomic E-state index is 13.3. The van der Waals surface area contributed by atoms with Gasteiger partial charge in [0.15, 0.2) is 0 Å². The van der Waals surface area contributed by atoms with Gasteiger partial charge in [0.25, 0.3) is 5.91 Å². The van der Waals surface area contributed by atoms with Crippen LogP contribution in [-0.4, -0.2) is 37.4 Å². The summed E-state index contributed by atoms with van der Waals surface area (Å²) in [5, 5.41) is 14.6. The van der Waals surface area contributed by atoms with Gasteiger partial charge in [0.2, 0.25) is 0 Å². The van der Waals surface area contributed by atoms with Gasteiger partial charge in [-0.15, -0.1) is 0 Å². The molecule has 164 valence electrons. The molecule has 0 fully saturated rings. The van der Waals surface area contributed by atoms with Crippen molar-refractivity contribution in [3.8, 4) is 22.5 Å². The van der Waals surface area contributed by atoms with E-state index in [0.717, 1.165) is 28.2 Å². The van der Waals surface area contributed by atoms with Gasteiger partial charge in [-0.05, 0) is 48.5 Å². The minimum absolute atomic E-state index is 0.115. The van der Waals surface area contributed by atoms with Crippen LogP contribution in [0.4, 0.5) is 4.39 Å². The van der Waals surface area contributed by atoms with Crippen LogP contribution in [0, 0.1) is 5.82 Å². The van der Waals surface area contributed by atoms with E-state index in [-0.39, 0.29) is 17.1 Å². The van der Waals surface area contributed by atoms with Gasteiger partial charge in [-0.2, -0.15) is 10.2 Å². The van der Waals surface area contributed by atoms with Crippen molar-refractivity contribution in [2.45, 2.75) is 32.7 Å². The van der Waals surface area contributed by atoms with Crippen molar-refractivity contribution in [2.75, 3.05) is 6.54 Å². The molecule has 0 saturated heterocycles. The fourth-order valence-electron chi connectivity index (χ4n) is 3.28. The Bertz CT molecular complexity index is 1210. The zero-order valence-corrected chi connectivity index (χ0v) is 18.3. The highest BCUT2D eigenvalue weighted by atomic mass is 19.1. The van der Waals surface area contributed by atoms with Gasteiger partial charge in [-0.1, -0.05) is 20.8 Å². The van der Waals surface area contributed by atoms with Gasteiger partial charge in [0.05, 0.1) is 17.9 Å². The number of pyridine rings is 1. The molecule has 1 amide bonds. The first kappa shape index (κ1) is 21.4. The number of H-pyrrole nitrogens is 1. The number of amides is 1. The summed E-state index contributed by atoms with van der Waals surface area (Å²) in [4.78, 5) is 16.7. The molecule has 0 spiro atoms. The van der Waals surface area contributed by atoms with E-state index in [1.807, 2.05) is 22.9 Å². The lowest BCUT2D eigenvalue weighted by atomic mass is 9.92. The van der Waals surface area contributed by atoms with E-state index in [9.17, 15) is 9.18 Å². The number of aromatic amines is 1. The number of carbonyl (C=O) groups excluding carboxylic acids is 1. The first-order valence-electron chi connectivity index (χ1n) is 10.4. The number of nitrogens with zero attached hydrogens (tertiary/aromatic N) is 4. The molecule has 4 rings (SSSR count). The Kier molecular flexibility index (Phi) is 5.85. The van der Waals surface area contributed by atoms with Gasteiger partial charge in [-0.3, -0.25) is 19.6 Å². The molecular weight excluding hydrogens is 407 g/mol. The molecule has 0 saturated carbocycles. The van der Waals surface area contributed by atoms with Crippen LogP contribution in [0.15, 0.2) is 60.9 Å². The Labute approximate surface area is 185 Å². The van der Waals surface area contributed by atoms with E-state index in [1.165, 1.54) is 12.1 Å². The molecule has 3 heterocycles. The number of carbonyl (C=O) groups is 1. The highest BCUT2D eigenvalue weighted by Crippen LogP contribution is 2.26. The maximum absolute atomic E-state index is 13.3. The summed E-state index contributed by atoms with van der Waals surface area (Å²) < 4.78 is 15.1. The molecule has 0 aliphatic carbocycles. The van der Waals surface area contributed by atoms with E-state index in [2.05, 4.69) is 46.4 Å². The molecule has 8 heteroatoms. The summed E-state index contributed by atoms with van der Waals surface area (Å²) in [6.07, 6.45) is 3.47. The summed E-state index contributed by atoms with van der Waals surface area (Å²) >= 11 is 0. The normalized spacial score (nSPS) is 11.5. The third kappa shape index (κ3) is 4.74. The largest absolute Gasteiger partial charge is 0.349 e. The minimum atomic E-state index is -0.295. The highest BCUT2D eigenvalue weighted by molar-refractivity contribution is 5.92.